The van der Waals surface area contributed by atoms with Gasteiger partial charge in [0.1, 0.15) is 11.4 Å². The molecule has 0 spiro atoms. The summed E-state index contributed by atoms with van der Waals surface area (Å²) < 4.78 is 0.770. The van der Waals surface area contributed by atoms with Crippen LogP contribution < -0.4 is 5.69 Å². The SMILES string of the molecule is CCc1[nH]c(=O)[nH]c1C(=O)c1cc(Br)ccn1. The van der Waals surface area contributed by atoms with Gasteiger partial charge in [0.15, 0.2) is 0 Å². The van der Waals surface area contributed by atoms with Crippen LogP contribution in [-0.4, -0.2) is 20.7 Å². The van der Waals surface area contributed by atoms with Crippen LogP contribution in [-0.2, 0) is 6.42 Å². The Bertz CT molecular complexity index is 615. The molecular weight excluding hydrogens is 286 g/mol. The van der Waals surface area contributed by atoms with Gasteiger partial charge in [-0.1, -0.05) is 22.9 Å². The number of hydrogen-bond acceptors (Lipinski definition) is 3. The van der Waals surface area contributed by atoms with Crippen molar-refractivity contribution < 1.29 is 4.79 Å². The highest BCUT2D eigenvalue weighted by molar-refractivity contribution is 9.10. The summed E-state index contributed by atoms with van der Waals surface area (Å²) in [7, 11) is 0. The number of aromatic amines is 2. The van der Waals surface area contributed by atoms with Crippen molar-refractivity contribution in [3.63, 3.8) is 0 Å². The summed E-state index contributed by atoms with van der Waals surface area (Å²) in [6, 6.07) is 3.35. The maximum absolute atomic E-state index is 12.1. The van der Waals surface area contributed by atoms with Gasteiger partial charge in [0.25, 0.3) is 0 Å². The van der Waals surface area contributed by atoms with Gasteiger partial charge in [0.2, 0.25) is 5.78 Å². The molecule has 2 rings (SSSR count). The van der Waals surface area contributed by atoms with Crippen LogP contribution in [0.1, 0.15) is 28.8 Å². The second-order valence-corrected chi connectivity index (χ2v) is 4.39. The van der Waals surface area contributed by atoms with Crippen molar-refractivity contribution in [2.24, 2.45) is 0 Å². The highest BCUT2D eigenvalue weighted by Gasteiger charge is 2.17. The number of carbonyl (C=O) groups is 1. The number of rotatable bonds is 3. The third kappa shape index (κ3) is 2.36. The average Bonchev–Trinajstić information content (AvgIpc) is 2.69. The molecule has 0 saturated carbocycles. The van der Waals surface area contributed by atoms with E-state index in [2.05, 4.69) is 30.9 Å². The molecule has 0 fully saturated rings. The summed E-state index contributed by atoms with van der Waals surface area (Å²) in [5.74, 6) is -0.290. The van der Waals surface area contributed by atoms with Gasteiger partial charge in [-0.3, -0.25) is 9.78 Å². The molecular formula is C11H10BrN3O2. The monoisotopic (exact) mass is 295 g/mol. The number of H-pyrrole nitrogens is 2. The molecule has 0 amide bonds. The number of hydrogen-bond donors (Lipinski definition) is 2. The Balaban J connectivity index is 2.47. The zero-order valence-corrected chi connectivity index (χ0v) is 10.7. The summed E-state index contributed by atoms with van der Waals surface area (Å²) in [6.45, 7) is 1.87. The quantitative estimate of drug-likeness (QED) is 0.845. The van der Waals surface area contributed by atoms with E-state index in [9.17, 15) is 9.59 Å². The van der Waals surface area contributed by atoms with E-state index in [0.29, 0.717) is 17.8 Å². The number of aromatic nitrogens is 3. The molecule has 2 aromatic heterocycles. The highest BCUT2D eigenvalue weighted by Crippen LogP contribution is 2.13. The third-order valence-electron chi connectivity index (χ3n) is 2.34. The van der Waals surface area contributed by atoms with Crippen LogP contribution in [0.2, 0.25) is 0 Å². The van der Waals surface area contributed by atoms with Crippen molar-refractivity contribution in [1.29, 1.82) is 0 Å². The van der Waals surface area contributed by atoms with Crippen molar-refractivity contribution in [2.45, 2.75) is 13.3 Å². The Hall–Kier alpha value is -1.69. The molecule has 0 aliphatic carbocycles. The lowest BCUT2D eigenvalue weighted by molar-refractivity contribution is 0.102. The fourth-order valence-electron chi connectivity index (χ4n) is 1.54. The van der Waals surface area contributed by atoms with Gasteiger partial charge in [-0.2, -0.15) is 0 Å². The summed E-state index contributed by atoms with van der Waals surface area (Å²) in [4.78, 5) is 32.4. The van der Waals surface area contributed by atoms with Gasteiger partial charge in [-0.05, 0) is 18.6 Å². The van der Waals surface area contributed by atoms with Gasteiger partial charge < -0.3 is 9.97 Å². The minimum absolute atomic E-state index is 0.281. The Morgan fingerprint density at radius 3 is 2.88 bits per heavy atom. The summed E-state index contributed by atoms with van der Waals surface area (Å²) in [5, 5.41) is 0. The predicted molar refractivity (Wildman–Crippen MR) is 66.2 cm³/mol. The number of aryl methyl sites for hydroxylation is 1. The molecule has 0 aromatic carbocycles. The topological polar surface area (TPSA) is 78.6 Å². The maximum Gasteiger partial charge on any atom is 0.323 e. The fraction of sp³-hybridized carbons (Fsp3) is 0.182. The number of nitrogens with one attached hydrogen (secondary N) is 2. The van der Waals surface area contributed by atoms with Gasteiger partial charge in [-0.25, -0.2) is 4.79 Å². The zero-order valence-electron chi connectivity index (χ0n) is 9.08. The van der Waals surface area contributed by atoms with Gasteiger partial charge >= 0.3 is 5.69 Å². The molecule has 0 radical (unpaired) electrons. The normalized spacial score (nSPS) is 10.5. The van der Waals surface area contributed by atoms with Crippen LogP contribution in [0.3, 0.4) is 0 Å². The first-order valence-corrected chi connectivity index (χ1v) is 5.88. The molecule has 0 aliphatic rings. The molecule has 6 heteroatoms. The van der Waals surface area contributed by atoms with E-state index in [1.165, 1.54) is 6.20 Å². The molecule has 2 N–H and O–H groups in total. The molecule has 0 atom stereocenters. The zero-order chi connectivity index (χ0) is 12.4. The molecule has 0 aliphatic heterocycles. The number of halogens is 1. The van der Waals surface area contributed by atoms with Crippen LogP contribution in [0.4, 0.5) is 0 Å². The van der Waals surface area contributed by atoms with Crippen molar-refractivity contribution in [1.82, 2.24) is 15.0 Å². The van der Waals surface area contributed by atoms with Crippen LogP contribution >= 0.6 is 15.9 Å². The number of carbonyl (C=O) groups excluding carboxylic acids is 1. The smallest absolute Gasteiger partial charge is 0.309 e. The lowest BCUT2D eigenvalue weighted by atomic mass is 10.1. The summed E-state index contributed by atoms with van der Waals surface area (Å²) in [6.07, 6.45) is 2.11. The molecule has 88 valence electrons. The highest BCUT2D eigenvalue weighted by atomic mass is 79.9. The minimum Gasteiger partial charge on any atom is -0.309 e. The molecule has 5 nitrogen and oxygen atoms in total. The van der Waals surface area contributed by atoms with Gasteiger partial charge in [0, 0.05) is 16.4 Å². The first-order chi connectivity index (χ1) is 8.11. The summed E-state index contributed by atoms with van der Waals surface area (Å²) >= 11 is 3.27. The maximum atomic E-state index is 12.1. The summed E-state index contributed by atoms with van der Waals surface area (Å²) in [5.41, 5.74) is 0.800. The van der Waals surface area contributed by atoms with E-state index < -0.39 is 0 Å². The first-order valence-electron chi connectivity index (χ1n) is 5.09. The fourth-order valence-corrected chi connectivity index (χ4v) is 1.87. The average molecular weight is 296 g/mol. The predicted octanol–water partition coefficient (Wildman–Crippen LogP) is 1.65. The Morgan fingerprint density at radius 1 is 1.47 bits per heavy atom. The third-order valence-corrected chi connectivity index (χ3v) is 2.83. The van der Waals surface area contributed by atoms with Gasteiger partial charge in [0.05, 0.1) is 0 Å². The lowest BCUT2D eigenvalue weighted by Crippen LogP contribution is -2.08. The van der Waals surface area contributed by atoms with Crippen molar-refractivity contribution in [2.75, 3.05) is 0 Å². The number of ketones is 1. The molecule has 0 unspecified atom stereocenters. The number of nitrogens with zero attached hydrogens (tertiary/aromatic N) is 1. The van der Waals surface area contributed by atoms with Crippen LogP contribution in [0.5, 0.6) is 0 Å². The second-order valence-electron chi connectivity index (χ2n) is 3.47. The molecule has 2 aromatic rings. The number of imidazole rings is 1. The van der Waals surface area contributed by atoms with Crippen LogP contribution in [0, 0.1) is 0 Å². The number of pyridine rings is 1. The lowest BCUT2D eigenvalue weighted by Gasteiger charge is -2.00. The van der Waals surface area contributed by atoms with E-state index in [1.54, 1.807) is 12.1 Å². The Labute approximate surface area is 105 Å². The van der Waals surface area contributed by atoms with E-state index >= 15 is 0 Å². The van der Waals surface area contributed by atoms with E-state index in [4.69, 9.17) is 0 Å². The largest absolute Gasteiger partial charge is 0.323 e. The van der Waals surface area contributed by atoms with Crippen molar-refractivity contribution in [3.8, 4) is 0 Å². The Kier molecular flexibility index (Phi) is 3.23. The van der Waals surface area contributed by atoms with E-state index in [0.717, 1.165) is 4.47 Å². The van der Waals surface area contributed by atoms with Crippen LogP contribution in [0.15, 0.2) is 27.6 Å². The first kappa shape index (κ1) is 11.8. The van der Waals surface area contributed by atoms with E-state index in [-0.39, 0.29) is 17.2 Å². The second kappa shape index (κ2) is 4.67. The molecule has 0 bridgehead atoms. The molecule has 0 saturated heterocycles. The van der Waals surface area contributed by atoms with Crippen molar-refractivity contribution in [3.05, 3.63) is 50.4 Å². The van der Waals surface area contributed by atoms with Crippen molar-refractivity contribution >= 4 is 21.7 Å². The van der Waals surface area contributed by atoms with Crippen LogP contribution in [0.25, 0.3) is 0 Å². The molecule has 17 heavy (non-hydrogen) atoms. The Morgan fingerprint density at radius 2 is 2.24 bits per heavy atom. The van der Waals surface area contributed by atoms with E-state index in [1.807, 2.05) is 6.92 Å². The minimum atomic E-state index is -0.375. The van der Waals surface area contributed by atoms with Gasteiger partial charge in [-0.15, -0.1) is 0 Å². The standard InChI is InChI=1S/C11H10BrN3O2/c1-2-7-9(15-11(17)14-7)10(16)8-5-6(12)3-4-13-8/h3-5H,2H2,1H3,(H2,14,15,17). The molecule has 2 heterocycles.